The zero-order chi connectivity index (χ0) is 21.3. The lowest BCUT2D eigenvalue weighted by atomic mass is 9.82. The number of hydrogen-bond acceptors (Lipinski definition) is 3. The van der Waals surface area contributed by atoms with E-state index in [0.29, 0.717) is 18.4 Å². The molecule has 1 spiro atoms. The lowest BCUT2D eigenvalue weighted by molar-refractivity contribution is -0.135. The number of amides is 2. The van der Waals surface area contributed by atoms with Gasteiger partial charge in [0.2, 0.25) is 11.8 Å². The summed E-state index contributed by atoms with van der Waals surface area (Å²) in [6.07, 6.45) is 9.22. The molecule has 2 saturated carbocycles. The number of nitrogens with zero attached hydrogens (tertiary/aromatic N) is 1. The number of rotatable bonds is 6. The molecule has 2 atom stereocenters. The van der Waals surface area contributed by atoms with Gasteiger partial charge in [-0.2, -0.15) is 0 Å². The SMILES string of the molecule is O=C(NCc1ccco1)[C@H]1CC12CCN(C(=O)[C@H](c1ccccc1)C1CCCC1)CC2. The third kappa shape index (κ3) is 4.15. The molecule has 1 aliphatic heterocycles. The van der Waals surface area contributed by atoms with Crippen LogP contribution in [0.3, 0.4) is 0 Å². The molecule has 5 rings (SSSR count). The minimum atomic E-state index is -0.00987. The van der Waals surface area contributed by atoms with Crippen LogP contribution in [0.2, 0.25) is 0 Å². The minimum absolute atomic E-state index is 0.00987. The van der Waals surface area contributed by atoms with Crippen molar-refractivity contribution in [3.63, 3.8) is 0 Å². The molecule has 1 aromatic heterocycles. The number of benzene rings is 1. The van der Waals surface area contributed by atoms with Gasteiger partial charge >= 0.3 is 0 Å². The van der Waals surface area contributed by atoms with E-state index in [-0.39, 0.29) is 23.2 Å². The van der Waals surface area contributed by atoms with Crippen LogP contribution >= 0.6 is 0 Å². The molecule has 1 N–H and O–H groups in total. The van der Waals surface area contributed by atoms with Crippen molar-refractivity contribution in [3.8, 4) is 0 Å². The number of carbonyl (C=O) groups is 2. The van der Waals surface area contributed by atoms with Crippen LogP contribution in [0.5, 0.6) is 0 Å². The van der Waals surface area contributed by atoms with Gasteiger partial charge in [-0.05, 0) is 61.1 Å². The second kappa shape index (κ2) is 8.52. The molecule has 0 bridgehead atoms. The Balaban J connectivity index is 1.19. The molecule has 0 unspecified atom stereocenters. The minimum Gasteiger partial charge on any atom is -0.467 e. The highest BCUT2D eigenvalue weighted by atomic mass is 16.3. The Morgan fingerprint density at radius 3 is 2.48 bits per heavy atom. The van der Waals surface area contributed by atoms with Crippen molar-refractivity contribution in [2.75, 3.05) is 13.1 Å². The Kier molecular flexibility index (Phi) is 5.59. The molecule has 5 nitrogen and oxygen atoms in total. The molecular formula is C26H32N2O3. The highest BCUT2D eigenvalue weighted by Gasteiger charge is 2.58. The molecule has 164 valence electrons. The van der Waals surface area contributed by atoms with Crippen molar-refractivity contribution in [2.24, 2.45) is 17.3 Å². The highest BCUT2D eigenvalue weighted by Crippen LogP contribution is 2.59. The van der Waals surface area contributed by atoms with Crippen molar-refractivity contribution < 1.29 is 14.0 Å². The first-order valence-corrected chi connectivity index (χ1v) is 11.8. The van der Waals surface area contributed by atoms with Gasteiger partial charge in [0.05, 0.1) is 18.7 Å². The third-order valence-corrected chi connectivity index (χ3v) is 7.89. The van der Waals surface area contributed by atoms with Gasteiger partial charge in [0.25, 0.3) is 0 Å². The quantitative estimate of drug-likeness (QED) is 0.748. The second-order valence-electron chi connectivity index (χ2n) is 9.67. The average Bonchev–Trinajstić information content (AvgIpc) is 3.20. The normalized spacial score (nSPS) is 23.6. The Bertz CT molecular complexity index is 894. The molecule has 2 amide bonds. The first-order valence-electron chi connectivity index (χ1n) is 11.8. The first-order chi connectivity index (χ1) is 15.2. The summed E-state index contributed by atoms with van der Waals surface area (Å²) < 4.78 is 5.30. The largest absolute Gasteiger partial charge is 0.467 e. The first kappa shape index (κ1) is 20.3. The lowest BCUT2D eigenvalue weighted by Crippen LogP contribution is -2.44. The predicted octanol–water partition coefficient (Wildman–Crippen LogP) is 4.50. The Labute approximate surface area is 184 Å². The number of nitrogens with one attached hydrogen (secondary N) is 1. The molecule has 3 aliphatic rings. The molecule has 31 heavy (non-hydrogen) atoms. The summed E-state index contributed by atoms with van der Waals surface area (Å²) >= 11 is 0. The van der Waals surface area contributed by atoms with Crippen LogP contribution in [-0.4, -0.2) is 29.8 Å². The standard InChI is InChI=1S/C26H32N2O3/c29-24(27-18-21-11-6-16-31-21)22-17-26(22)12-14-28(15-13-26)25(30)23(20-9-4-5-10-20)19-7-2-1-3-8-19/h1-3,6-8,11,16,20,22-23H,4-5,9-10,12-15,17-18H2,(H,27,29)/t22-,23-/m1/s1. The number of furan rings is 1. The summed E-state index contributed by atoms with van der Waals surface area (Å²) in [5, 5.41) is 3.02. The lowest BCUT2D eigenvalue weighted by Gasteiger charge is -2.36. The monoisotopic (exact) mass is 420 g/mol. The van der Waals surface area contributed by atoms with Gasteiger partial charge in [-0.25, -0.2) is 0 Å². The van der Waals surface area contributed by atoms with Gasteiger partial charge in [-0.3, -0.25) is 9.59 Å². The van der Waals surface area contributed by atoms with Crippen LogP contribution in [0, 0.1) is 17.3 Å². The van der Waals surface area contributed by atoms with Crippen LogP contribution in [0.1, 0.15) is 62.2 Å². The van der Waals surface area contributed by atoms with E-state index in [2.05, 4.69) is 22.3 Å². The molecule has 2 aromatic rings. The fourth-order valence-corrected chi connectivity index (χ4v) is 5.92. The van der Waals surface area contributed by atoms with E-state index >= 15 is 0 Å². The smallest absolute Gasteiger partial charge is 0.230 e. The molecule has 1 saturated heterocycles. The Morgan fingerprint density at radius 2 is 1.81 bits per heavy atom. The van der Waals surface area contributed by atoms with Crippen LogP contribution in [0.4, 0.5) is 0 Å². The Morgan fingerprint density at radius 1 is 1.06 bits per heavy atom. The summed E-state index contributed by atoms with van der Waals surface area (Å²) in [4.78, 5) is 28.3. The Hall–Kier alpha value is -2.56. The molecule has 1 aromatic carbocycles. The van der Waals surface area contributed by atoms with Crippen molar-refractivity contribution in [3.05, 3.63) is 60.1 Å². The maximum atomic E-state index is 13.6. The van der Waals surface area contributed by atoms with Gasteiger partial charge in [0.1, 0.15) is 5.76 Å². The van der Waals surface area contributed by atoms with Crippen LogP contribution < -0.4 is 5.32 Å². The van der Waals surface area contributed by atoms with Crippen molar-refractivity contribution in [2.45, 2.75) is 57.4 Å². The van der Waals surface area contributed by atoms with Crippen LogP contribution in [-0.2, 0) is 16.1 Å². The van der Waals surface area contributed by atoms with E-state index in [9.17, 15) is 9.59 Å². The topological polar surface area (TPSA) is 62.6 Å². The van der Waals surface area contributed by atoms with Crippen molar-refractivity contribution in [1.82, 2.24) is 10.2 Å². The van der Waals surface area contributed by atoms with E-state index in [0.717, 1.165) is 51.0 Å². The maximum Gasteiger partial charge on any atom is 0.230 e. The molecule has 2 heterocycles. The summed E-state index contributed by atoms with van der Waals surface area (Å²) in [5.41, 5.74) is 1.26. The fraction of sp³-hybridized carbons (Fsp3) is 0.538. The fourth-order valence-electron chi connectivity index (χ4n) is 5.92. The van der Waals surface area contributed by atoms with Crippen LogP contribution in [0.25, 0.3) is 0 Å². The molecule has 3 fully saturated rings. The van der Waals surface area contributed by atoms with E-state index < -0.39 is 0 Å². The third-order valence-electron chi connectivity index (χ3n) is 7.89. The van der Waals surface area contributed by atoms with Gasteiger partial charge in [0, 0.05) is 19.0 Å². The van der Waals surface area contributed by atoms with Gasteiger partial charge in [-0.15, -0.1) is 0 Å². The van der Waals surface area contributed by atoms with E-state index in [1.165, 1.54) is 18.4 Å². The van der Waals surface area contributed by atoms with Crippen molar-refractivity contribution in [1.29, 1.82) is 0 Å². The van der Waals surface area contributed by atoms with E-state index in [4.69, 9.17) is 4.42 Å². The van der Waals surface area contributed by atoms with Crippen molar-refractivity contribution >= 4 is 11.8 Å². The van der Waals surface area contributed by atoms with Gasteiger partial charge in [0.15, 0.2) is 0 Å². The number of carbonyl (C=O) groups excluding carboxylic acids is 2. The van der Waals surface area contributed by atoms with Gasteiger partial charge < -0.3 is 14.6 Å². The second-order valence-corrected chi connectivity index (χ2v) is 9.67. The average molecular weight is 421 g/mol. The molecular weight excluding hydrogens is 388 g/mol. The van der Waals surface area contributed by atoms with Gasteiger partial charge in [-0.1, -0.05) is 43.2 Å². The van der Waals surface area contributed by atoms with E-state index in [1.807, 2.05) is 30.3 Å². The number of piperidine rings is 1. The predicted molar refractivity (Wildman–Crippen MR) is 118 cm³/mol. The summed E-state index contributed by atoms with van der Waals surface area (Å²) in [7, 11) is 0. The molecule has 2 aliphatic carbocycles. The van der Waals surface area contributed by atoms with E-state index in [1.54, 1.807) is 6.26 Å². The molecule has 5 heteroatoms. The summed E-state index contributed by atoms with van der Waals surface area (Å²) in [5.74, 6) is 1.75. The zero-order valence-electron chi connectivity index (χ0n) is 18.1. The summed E-state index contributed by atoms with van der Waals surface area (Å²) in [6.45, 7) is 2.00. The maximum absolute atomic E-state index is 13.6. The summed E-state index contributed by atoms with van der Waals surface area (Å²) in [6, 6.07) is 14.1. The molecule has 0 radical (unpaired) electrons. The number of hydrogen-bond donors (Lipinski definition) is 1. The zero-order valence-corrected chi connectivity index (χ0v) is 18.1. The number of likely N-dealkylation sites (tertiary alicyclic amines) is 1. The highest BCUT2D eigenvalue weighted by molar-refractivity contribution is 5.85. The van der Waals surface area contributed by atoms with Crippen LogP contribution in [0.15, 0.2) is 53.1 Å².